The smallest absolute Gasteiger partial charge is 0.203 e. The molecule has 0 amide bonds. The van der Waals surface area contributed by atoms with Gasteiger partial charge in [0, 0.05) is 18.9 Å². The second-order valence-corrected chi connectivity index (χ2v) is 5.27. The number of nitrogens with zero attached hydrogens (tertiary/aromatic N) is 4. The molecule has 6 nitrogen and oxygen atoms in total. The van der Waals surface area contributed by atoms with Crippen LogP contribution in [-0.2, 0) is 4.74 Å². The second kappa shape index (κ2) is 6.17. The molecule has 1 saturated carbocycles. The number of nitrogens with one attached hydrogen (secondary N) is 1. The Hall–Kier alpha value is -1.69. The molecule has 0 saturated heterocycles. The van der Waals surface area contributed by atoms with Gasteiger partial charge < -0.3 is 10.1 Å². The second-order valence-electron chi connectivity index (χ2n) is 5.27. The van der Waals surface area contributed by atoms with Crippen LogP contribution in [0.3, 0.4) is 0 Å². The van der Waals surface area contributed by atoms with Gasteiger partial charge in [-0.1, -0.05) is 19.3 Å². The Balaban J connectivity index is 1.52. The molecule has 2 aromatic heterocycles. The van der Waals surface area contributed by atoms with Crippen molar-refractivity contribution in [2.24, 2.45) is 0 Å². The predicted molar refractivity (Wildman–Crippen MR) is 76.8 cm³/mol. The summed E-state index contributed by atoms with van der Waals surface area (Å²) in [7, 11) is 0. The maximum absolute atomic E-state index is 5.89. The van der Waals surface area contributed by atoms with Crippen LogP contribution in [0.25, 0.3) is 5.65 Å². The van der Waals surface area contributed by atoms with E-state index in [9.17, 15) is 0 Å². The first-order chi connectivity index (χ1) is 9.84. The average Bonchev–Trinajstić information content (AvgIpc) is 2.87. The maximum Gasteiger partial charge on any atom is 0.203 e. The lowest BCUT2D eigenvalue weighted by Crippen LogP contribution is -2.20. The fraction of sp³-hybridized carbons (Fsp3) is 0.643. The Morgan fingerprint density at radius 3 is 3.00 bits per heavy atom. The van der Waals surface area contributed by atoms with Crippen molar-refractivity contribution in [3.8, 4) is 0 Å². The van der Waals surface area contributed by atoms with Crippen LogP contribution < -0.4 is 5.32 Å². The van der Waals surface area contributed by atoms with Gasteiger partial charge in [0.25, 0.3) is 0 Å². The fourth-order valence-electron chi connectivity index (χ4n) is 2.69. The zero-order chi connectivity index (χ0) is 13.8. The number of anilines is 1. The number of hydrogen-bond donors (Lipinski definition) is 1. The number of aromatic nitrogens is 4. The van der Waals surface area contributed by atoms with Gasteiger partial charge in [-0.15, -0.1) is 10.2 Å². The summed E-state index contributed by atoms with van der Waals surface area (Å²) in [5.41, 5.74) is 0.766. The third-order valence-electron chi connectivity index (χ3n) is 3.80. The summed E-state index contributed by atoms with van der Waals surface area (Å²) in [6.45, 7) is 3.38. The molecule has 0 aromatic carbocycles. The Bertz CT molecular complexity index is 562. The lowest BCUT2D eigenvalue weighted by atomic mass is 9.98. The molecular formula is C14H21N5O. The molecule has 2 heterocycles. The molecule has 20 heavy (non-hydrogen) atoms. The van der Waals surface area contributed by atoms with E-state index in [1.165, 1.54) is 32.1 Å². The van der Waals surface area contributed by atoms with Crippen LogP contribution in [0.4, 0.5) is 5.82 Å². The summed E-state index contributed by atoms with van der Waals surface area (Å²) in [6.07, 6.45) is 10.5. The summed E-state index contributed by atoms with van der Waals surface area (Å²) in [4.78, 5) is 4.31. The molecule has 0 unspecified atom stereocenters. The highest BCUT2D eigenvalue weighted by Gasteiger charge is 2.13. The Morgan fingerprint density at radius 1 is 1.30 bits per heavy atom. The van der Waals surface area contributed by atoms with Crippen molar-refractivity contribution in [1.29, 1.82) is 0 Å². The normalized spacial score (nSPS) is 16.6. The molecule has 0 radical (unpaired) electrons. The van der Waals surface area contributed by atoms with Gasteiger partial charge in [0.1, 0.15) is 5.82 Å². The quantitative estimate of drug-likeness (QED) is 0.847. The molecule has 6 heteroatoms. The highest BCUT2D eigenvalue weighted by molar-refractivity contribution is 5.61. The van der Waals surface area contributed by atoms with Gasteiger partial charge in [0.2, 0.25) is 5.65 Å². The number of rotatable bonds is 5. The minimum Gasteiger partial charge on any atom is -0.376 e. The lowest BCUT2D eigenvalue weighted by molar-refractivity contribution is 0.0347. The van der Waals surface area contributed by atoms with Gasteiger partial charge in [-0.3, -0.25) is 4.40 Å². The SMILES string of the molecule is Cc1nnc2c(NCCOC3CCCCC3)nccn12. The van der Waals surface area contributed by atoms with Crippen LogP contribution in [0, 0.1) is 6.92 Å². The zero-order valence-corrected chi connectivity index (χ0v) is 11.9. The number of fused-ring (bicyclic) bond motifs is 1. The van der Waals surface area contributed by atoms with E-state index in [1.807, 2.05) is 17.5 Å². The lowest BCUT2D eigenvalue weighted by Gasteiger charge is -2.22. The average molecular weight is 275 g/mol. The van der Waals surface area contributed by atoms with Gasteiger partial charge in [-0.05, 0) is 19.8 Å². The standard InChI is InChI=1S/C14H21N5O/c1-11-17-18-14-13(15-7-9-19(11)14)16-8-10-20-12-5-3-2-4-6-12/h7,9,12H,2-6,8,10H2,1H3,(H,15,16). The van der Waals surface area contributed by atoms with E-state index in [1.54, 1.807) is 6.20 Å². The number of aryl methyl sites for hydroxylation is 1. The largest absolute Gasteiger partial charge is 0.376 e. The molecule has 3 rings (SSSR count). The minimum absolute atomic E-state index is 0.449. The van der Waals surface area contributed by atoms with Crippen LogP contribution in [0.2, 0.25) is 0 Å². The van der Waals surface area contributed by atoms with E-state index >= 15 is 0 Å². The highest BCUT2D eigenvalue weighted by atomic mass is 16.5. The first kappa shape index (κ1) is 13.3. The topological polar surface area (TPSA) is 64.3 Å². The van der Waals surface area contributed by atoms with E-state index in [0.717, 1.165) is 23.8 Å². The van der Waals surface area contributed by atoms with Crippen LogP contribution in [0.1, 0.15) is 37.9 Å². The van der Waals surface area contributed by atoms with E-state index in [0.29, 0.717) is 12.7 Å². The van der Waals surface area contributed by atoms with Crippen molar-refractivity contribution in [3.05, 3.63) is 18.2 Å². The van der Waals surface area contributed by atoms with Crippen LogP contribution in [0.15, 0.2) is 12.4 Å². The maximum atomic E-state index is 5.89. The highest BCUT2D eigenvalue weighted by Crippen LogP contribution is 2.20. The van der Waals surface area contributed by atoms with E-state index in [-0.39, 0.29) is 0 Å². The van der Waals surface area contributed by atoms with Crippen molar-refractivity contribution in [2.75, 3.05) is 18.5 Å². The van der Waals surface area contributed by atoms with Crippen LogP contribution in [0.5, 0.6) is 0 Å². The minimum atomic E-state index is 0.449. The number of ether oxygens (including phenoxy) is 1. The third kappa shape index (κ3) is 2.90. The van der Waals surface area contributed by atoms with E-state index in [4.69, 9.17) is 4.74 Å². The summed E-state index contributed by atoms with van der Waals surface area (Å²) < 4.78 is 7.82. The molecule has 2 aromatic rings. The van der Waals surface area contributed by atoms with Gasteiger partial charge in [-0.2, -0.15) is 0 Å². The van der Waals surface area contributed by atoms with Crippen LogP contribution in [-0.4, -0.2) is 38.8 Å². The first-order valence-electron chi connectivity index (χ1n) is 7.36. The molecule has 108 valence electrons. The molecule has 1 aliphatic rings. The molecule has 0 spiro atoms. The van der Waals surface area contributed by atoms with Gasteiger partial charge in [0.05, 0.1) is 12.7 Å². The Labute approximate surface area is 118 Å². The molecule has 0 aliphatic heterocycles. The van der Waals surface area contributed by atoms with Crippen LogP contribution >= 0.6 is 0 Å². The predicted octanol–water partition coefficient (Wildman–Crippen LogP) is 2.19. The van der Waals surface area contributed by atoms with Gasteiger partial charge >= 0.3 is 0 Å². The summed E-state index contributed by atoms with van der Waals surface area (Å²) in [6, 6.07) is 0. The molecular weight excluding hydrogens is 254 g/mol. The zero-order valence-electron chi connectivity index (χ0n) is 11.9. The van der Waals surface area contributed by atoms with Crippen molar-refractivity contribution in [3.63, 3.8) is 0 Å². The first-order valence-corrected chi connectivity index (χ1v) is 7.36. The van der Waals surface area contributed by atoms with Gasteiger partial charge in [-0.25, -0.2) is 4.98 Å². The van der Waals surface area contributed by atoms with Crippen molar-refractivity contribution >= 4 is 11.5 Å². The fourth-order valence-corrected chi connectivity index (χ4v) is 2.69. The molecule has 0 bridgehead atoms. The molecule has 0 atom stereocenters. The van der Waals surface area contributed by atoms with E-state index < -0.39 is 0 Å². The van der Waals surface area contributed by atoms with Gasteiger partial charge in [0.15, 0.2) is 5.82 Å². The monoisotopic (exact) mass is 275 g/mol. The molecule has 1 fully saturated rings. The summed E-state index contributed by atoms with van der Waals surface area (Å²) >= 11 is 0. The third-order valence-corrected chi connectivity index (χ3v) is 3.80. The van der Waals surface area contributed by atoms with Crippen molar-refractivity contribution in [1.82, 2.24) is 19.6 Å². The van der Waals surface area contributed by atoms with Crippen molar-refractivity contribution in [2.45, 2.75) is 45.1 Å². The Kier molecular flexibility index (Phi) is 4.11. The number of hydrogen-bond acceptors (Lipinski definition) is 5. The molecule has 1 aliphatic carbocycles. The van der Waals surface area contributed by atoms with E-state index in [2.05, 4.69) is 20.5 Å². The summed E-state index contributed by atoms with van der Waals surface area (Å²) in [5, 5.41) is 11.5. The molecule has 1 N–H and O–H groups in total. The Morgan fingerprint density at radius 2 is 2.15 bits per heavy atom. The van der Waals surface area contributed by atoms with Crippen molar-refractivity contribution < 1.29 is 4.74 Å². The summed E-state index contributed by atoms with van der Waals surface area (Å²) in [5.74, 6) is 1.63.